The summed E-state index contributed by atoms with van der Waals surface area (Å²) in [6.07, 6.45) is 2.58. The highest BCUT2D eigenvalue weighted by molar-refractivity contribution is 4.95. The normalized spacial score (nSPS) is 15.6. The maximum Gasteiger partial charge on any atom is 0.138 e. The fourth-order valence-electron chi connectivity index (χ4n) is 2.62. The third-order valence-corrected chi connectivity index (χ3v) is 3.48. The summed E-state index contributed by atoms with van der Waals surface area (Å²) in [5, 5.41) is 7.70. The van der Waals surface area contributed by atoms with Crippen LogP contribution < -0.4 is 5.32 Å². The van der Waals surface area contributed by atoms with E-state index in [9.17, 15) is 0 Å². The molecule has 1 heterocycles. The Morgan fingerprint density at radius 3 is 2.45 bits per heavy atom. The fourth-order valence-corrected chi connectivity index (χ4v) is 2.62. The molecule has 0 saturated carbocycles. The van der Waals surface area contributed by atoms with Crippen molar-refractivity contribution in [3.63, 3.8) is 0 Å². The molecule has 5 nitrogen and oxygen atoms in total. The molecule has 0 spiro atoms. The molecule has 0 aliphatic rings. The quantitative estimate of drug-likeness (QED) is 0.832. The first kappa shape index (κ1) is 17.1. The number of methoxy groups -OCH3 is 1. The molecule has 1 aromatic rings. The van der Waals surface area contributed by atoms with E-state index in [0.29, 0.717) is 5.92 Å². The van der Waals surface area contributed by atoms with Crippen molar-refractivity contribution in [2.24, 2.45) is 11.3 Å². The summed E-state index contributed by atoms with van der Waals surface area (Å²) in [7, 11) is 3.75. The van der Waals surface area contributed by atoms with Crippen molar-refractivity contribution in [2.45, 2.75) is 59.7 Å². The number of rotatable bonds is 7. The Balaban J connectivity index is 2.85. The van der Waals surface area contributed by atoms with E-state index < -0.39 is 0 Å². The van der Waals surface area contributed by atoms with Gasteiger partial charge in [-0.05, 0) is 18.4 Å². The van der Waals surface area contributed by atoms with E-state index in [0.717, 1.165) is 18.8 Å². The number of nitrogens with one attached hydrogen (secondary N) is 1. The summed E-state index contributed by atoms with van der Waals surface area (Å²) >= 11 is 0. The molecular weight excluding hydrogens is 252 g/mol. The fraction of sp³-hybridized carbons (Fsp3) is 0.867. The van der Waals surface area contributed by atoms with Crippen molar-refractivity contribution in [2.75, 3.05) is 14.2 Å². The van der Waals surface area contributed by atoms with Crippen LogP contribution in [-0.2, 0) is 17.7 Å². The Morgan fingerprint density at radius 2 is 2.00 bits per heavy atom. The third-order valence-electron chi connectivity index (χ3n) is 3.48. The topological polar surface area (TPSA) is 52.0 Å². The zero-order valence-electron chi connectivity index (χ0n) is 14.0. The van der Waals surface area contributed by atoms with Crippen LogP contribution in [0.5, 0.6) is 0 Å². The first-order valence-electron chi connectivity index (χ1n) is 7.36. The van der Waals surface area contributed by atoms with Crippen LogP contribution in [0, 0.1) is 11.3 Å². The monoisotopic (exact) mass is 282 g/mol. The molecule has 1 aromatic heterocycles. The van der Waals surface area contributed by atoms with E-state index in [1.165, 1.54) is 0 Å². The molecule has 5 heteroatoms. The Labute approximate surface area is 123 Å². The third kappa shape index (κ3) is 4.56. The van der Waals surface area contributed by atoms with Gasteiger partial charge in [-0.25, -0.2) is 9.67 Å². The molecule has 20 heavy (non-hydrogen) atoms. The van der Waals surface area contributed by atoms with Gasteiger partial charge in [-0.1, -0.05) is 34.6 Å². The second kappa shape index (κ2) is 7.18. The Bertz CT molecular complexity index is 395. The predicted molar refractivity (Wildman–Crippen MR) is 81.7 cm³/mol. The van der Waals surface area contributed by atoms with Gasteiger partial charge in [0, 0.05) is 26.1 Å². The lowest BCUT2D eigenvalue weighted by molar-refractivity contribution is -0.00988. The lowest BCUT2D eigenvalue weighted by Crippen LogP contribution is -2.48. The molecule has 0 bridgehead atoms. The largest absolute Gasteiger partial charge is 0.379 e. The van der Waals surface area contributed by atoms with Crippen LogP contribution in [0.3, 0.4) is 0 Å². The molecule has 0 aromatic carbocycles. The molecule has 1 N–H and O–H groups in total. The maximum atomic E-state index is 5.72. The van der Waals surface area contributed by atoms with Crippen LogP contribution >= 0.6 is 0 Å². The summed E-state index contributed by atoms with van der Waals surface area (Å²) in [5.41, 5.74) is 0.0747. The zero-order chi connectivity index (χ0) is 15.3. The summed E-state index contributed by atoms with van der Waals surface area (Å²) in [4.78, 5) is 4.41. The number of hydrogen-bond donors (Lipinski definition) is 1. The molecule has 0 amide bonds. The van der Waals surface area contributed by atoms with Gasteiger partial charge in [0.2, 0.25) is 0 Å². The lowest BCUT2D eigenvalue weighted by Gasteiger charge is -2.35. The first-order valence-corrected chi connectivity index (χ1v) is 7.36. The van der Waals surface area contributed by atoms with Gasteiger partial charge >= 0.3 is 0 Å². The van der Waals surface area contributed by atoms with E-state index in [2.05, 4.69) is 50.0 Å². The molecule has 2 atom stereocenters. The predicted octanol–water partition coefficient (Wildman–Crippen LogP) is 2.13. The van der Waals surface area contributed by atoms with Crippen LogP contribution in [0.1, 0.15) is 40.4 Å². The highest BCUT2D eigenvalue weighted by atomic mass is 16.5. The van der Waals surface area contributed by atoms with Crippen LogP contribution in [0.15, 0.2) is 6.33 Å². The zero-order valence-corrected chi connectivity index (χ0v) is 14.0. The van der Waals surface area contributed by atoms with Crippen molar-refractivity contribution < 1.29 is 4.74 Å². The van der Waals surface area contributed by atoms with Gasteiger partial charge in [0.25, 0.3) is 0 Å². The van der Waals surface area contributed by atoms with Gasteiger partial charge in [0.05, 0.1) is 6.10 Å². The van der Waals surface area contributed by atoms with Crippen molar-refractivity contribution in [3.05, 3.63) is 12.2 Å². The molecule has 0 saturated heterocycles. The number of hydrogen-bond acceptors (Lipinski definition) is 4. The Morgan fingerprint density at radius 1 is 1.35 bits per heavy atom. The van der Waals surface area contributed by atoms with Gasteiger partial charge in [-0.3, -0.25) is 0 Å². The SMILES string of the molecule is CNC(Cc1ncnn1CC(C)C)C(OC)C(C)(C)C. The minimum Gasteiger partial charge on any atom is -0.379 e. The first-order chi connectivity index (χ1) is 9.29. The van der Waals surface area contributed by atoms with E-state index in [1.807, 2.05) is 11.7 Å². The minimum absolute atomic E-state index is 0.0747. The van der Waals surface area contributed by atoms with Crippen molar-refractivity contribution in [1.82, 2.24) is 20.1 Å². The molecule has 0 fully saturated rings. The van der Waals surface area contributed by atoms with Crippen molar-refractivity contribution >= 4 is 0 Å². The lowest BCUT2D eigenvalue weighted by atomic mass is 9.83. The van der Waals surface area contributed by atoms with Crippen LogP contribution in [-0.4, -0.2) is 41.1 Å². The Hall–Kier alpha value is -0.940. The molecule has 0 radical (unpaired) electrons. The second-order valence-electron chi connectivity index (χ2n) is 6.87. The molecule has 0 aliphatic carbocycles. The van der Waals surface area contributed by atoms with Gasteiger partial charge in [0.15, 0.2) is 0 Å². The number of nitrogens with zero attached hydrogens (tertiary/aromatic N) is 3. The molecule has 0 aliphatic heterocycles. The standard InChI is InChI=1S/C15H30N4O/c1-11(2)9-19-13(17-10-18-19)8-12(16-6)14(20-7)15(3,4)5/h10-12,14,16H,8-9H2,1-7H3. The van der Waals surface area contributed by atoms with Crippen LogP contribution in [0.2, 0.25) is 0 Å². The van der Waals surface area contributed by atoms with Gasteiger partial charge < -0.3 is 10.1 Å². The second-order valence-corrected chi connectivity index (χ2v) is 6.87. The van der Waals surface area contributed by atoms with E-state index in [-0.39, 0.29) is 17.6 Å². The Kier molecular flexibility index (Phi) is 6.14. The van der Waals surface area contributed by atoms with E-state index >= 15 is 0 Å². The molecule has 1 rings (SSSR count). The summed E-state index contributed by atoms with van der Waals surface area (Å²) in [6.45, 7) is 11.9. The molecule has 2 unspecified atom stereocenters. The summed E-state index contributed by atoms with van der Waals surface area (Å²) in [5.74, 6) is 1.58. The summed E-state index contributed by atoms with van der Waals surface area (Å²) in [6, 6.07) is 0.218. The van der Waals surface area contributed by atoms with Crippen molar-refractivity contribution in [3.8, 4) is 0 Å². The summed E-state index contributed by atoms with van der Waals surface area (Å²) < 4.78 is 7.72. The number of aromatic nitrogens is 3. The van der Waals surface area contributed by atoms with Crippen molar-refractivity contribution in [1.29, 1.82) is 0 Å². The smallest absolute Gasteiger partial charge is 0.138 e. The molecule has 116 valence electrons. The van der Waals surface area contributed by atoms with Crippen LogP contribution in [0.25, 0.3) is 0 Å². The van der Waals surface area contributed by atoms with E-state index in [4.69, 9.17) is 4.74 Å². The maximum absolute atomic E-state index is 5.72. The minimum atomic E-state index is 0.0747. The van der Waals surface area contributed by atoms with Gasteiger partial charge in [0.1, 0.15) is 12.2 Å². The number of ether oxygens (including phenoxy) is 1. The average Bonchev–Trinajstić information content (AvgIpc) is 2.73. The van der Waals surface area contributed by atoms with Gasteiger partial charge in [-0.2, -0.15) is 5.10 Å². The van der Waals surface area contributed by atoms with E-state index in [1.54, 1.807) is 13.4 Å². The highest BCUT2D eigenvalue weighted by Gasteiger charge is 2.32. The van der Waals surface area contributed by atoms with Crippen LogP contribution in [0.4, 0.5) is 0 Å². The number of likely N-dealkylation sites (N-methyl/N-ethyl adjacent to an activating group) is 1. The molecular formula is C15H30N4O. The highest BCUT2D eigenvalue weighted by Crippen LogP contribution is 2.25. The average molecular weight is 282 g/mol. The van der Waals surface area contributed by atoms with Gasteiger partial charge in [-0.15, -0.1) is 0 Å².